The fraction of sp³-hybridized carbons (Fsp3) is 0.316. The maximum atomic E-state index is 12.5. The summed E-state index contributed by atoms with van der Waals surface area (Å²) in [4.78, 5) is -0.198. The highest BCUT2D eigenvalue weighted by molar-refractivity contribution is 7.87. The van der Waals surface area contributed by atoms with Crippen LogP contribution >= 0.6 is 0 Å². The van der Waals surface area contributed by atoms with E-state index in [9.17, 15) is 13.5 Å². The highest BCUT2D eigenvalue weighted by Gasteiger charge is 2.42. The number of aryl methyl sites for hydroxylation is 1. The molecule has 2 aromatic carbocycles. The number of nitriles is 1. The van der Waals surface area contributed by atoms with Gasteiger partial charge in [-0.3, -0.25) is 0 Å². The Morgan fingerprint density at radius 1 is 1.19 bits per heavy atom. The van der Waals surface area contributed by atoms with Gasteiger partial charge in [-0.15, -0.1) is 0 Å². The second-order valence-corrected chi connectivity index (χ2v) is 8.07. The Balaban J connectivity index is 1.89. The largest absolute Gasteiger partial charge is 0.462 e. The van der Waals surface area contributed by atoms with Crippen molar-refractivity contribution in [2.45, 2.75) is 37.4 Å². The van der Waals surface area contributed by atoms with Gasteiger partial charge < -0.3 is 14.0 Å². The van der Waals surface area contributed by atoms with Crippen LogP contribution in [-0.2, 0) is 10.1 Å². The number of nitrogens with zero attached hydrogens (tertiary/aromatic N) is 1. The molecule has 7 heteroatoms. The Labute approximate surface area is 152 Å². The smallest absolute Gasteiger partial charge is 0.340 e. The van der Waals surface area contributed by atoms with Gasteiger partial charge in [0.2, 0.25) is 5.79 Å². The summed E-state index contributed by atoms with van der Waals surface area (Å²) in [6.45, 7) is 3.36. The van der Waals surface area contributed by atoms with Gasteiger partial charge in [0, 0.05) is 18.9 Å². The van der Waals surface area contributed by atoms with Crippen LogP contribution in [0.15, 0.2) is 47.4 Å². The van der Waals surface area contributed by atoms with Crippen LogP contribution in [0.2, 0.25) is 0 Å². The zero-order chi connectivity index (χ0) is 18.9. The topological polar surface area (TPSA) is 96.6 Å². The van der Waals surface area contributed by atoms with Gasteiger partial charge in [0.25, 0.3) is 0 Å². The molecule has 1 unspecified atom stereocenters. The number of rotatable bonds is 6. The summed E-state index contributed by atoms with van der Waals surface area (Å²) >= 11 is 0. The lowest BCUT2D eigenvalue weighted by molar-refractivity contribution is -0.138. The number of hydrogen-bond donors (Lipinski definition) is 1. The molecule has 2 aromatic rings. The van der Waals surface area contributed by atoms with Gasteiger partial charge in [0.15, 0.2) is 0 Å². The fourth-order valence-corrected chi connectivity index (χ4v) is 3.78. The Morgan fingerprint density at radius 2 is 1.85 bits per heavy atom. The molecule has 1 atom stereocenters. The minimum Gasteiger partial charge on any atom is -0.462 e. The predicted molar refractivity (Wildman–Crippen MR) is 94.1 cm³/mol. The van der Waals surface area contributed by atoms with E-state index in [1.807, 2.05) is 6.07 Å². The molecular weight excluding hydrogens is 354 g/mol. The van der Waals surface area contributed by atoms with Crippen LogP contribution in [0, 0.1) is 24.2 Å². The Hall–Kier alpha value is -2.56. The van der Waals surface area contributed by atoms with Gasteiger partial charge in [-0.2, -0.15) is 13.7 Å². The van der Waals surface area contributed by atoms with Crippen molar-refractivity contribution in [3.8, 4) is 17.6 Å². The molecule has 1 fully saturated rings. The van der Waals surface area contributed by atoms with Crippen molar-refractivity contribution < 1.29 is 22.4 Å². The standard InChI is InChI=1S/C19H19NO5S/c1-13-9-16(24-19(2,21)15-7-8-15)11-17(10-13)25-26(22,23)18-6-4-3-5-14(18)12-20/h3-6,9-11,15,21H,7-8H2,1-2H3. The van der Waals surface area contributed by atoms with Gasteiger partial charge in [-0.1, -0.05) is 12.1 Å². The SMILES string of the molecule is Cc1cc(OC(C)(O)C2CC2)cc(OS(=O)(=O)c2ccccc2C#N)c1. The Bertz CT molecular complexity index is 972. The van der Waals surface area contributed by atoms with Gasteiger partial charge in [-0.05, 0) is 49.6 Å². The maximum absolute atomic E-state index is 12.5. The van der Waals surface area contributed by atoms with Crippen LogP contribution in [0.3, 0.4) is 0 Å². The number of hydrogen-bond acceptors (Lipinski definition) is 6. The van der Waals surface area contributed by atoms with E-state index >= 15 is 0 Å². The van der Waals surface area contributed by atoms with Crippen molar-refractivity contribution in [1.29, 1.82) is 5.26 Å². The van der Waals surface area contributed by atoms with Crippen molar-refractivity contribution in [2.75, 3.05) is 0 Å². The molecule has 1 saturated carbocycles. The van der Waals surface area contributed by atoms with Crippen molar-refractivity contribution in [2.24, 2.45) is 5.92 Å². The van der Waals surface area contributed by atoms with E-state index in [1.54, 1.807) is 32.0 Å². The lowest BCUT2D eigenvalue weighted by atomic mass is 10.2. The third kappa shape index (κ3) is 3.98. The number of ether oxygens (including phenoxy) is 1. The molecule has 0 bridgehead atoms. The average molecular weight is 373 g/mol. The molecule has 0 aliphatic heterocycles. The molecule has 136 valence electrons. The molecule has 6 nitrogen and oxygen atoms in total. The second kappa shape index (κ2) is 6.63. The van der Waals surface area contributed by atoms with Crippen molar-refractivity contribution >= 4 is 10.1 Å². The number of benzene rings is 2. The lowest BCUT2D eigenvalue weighted by Gasteiger charge is -2.25. The van der Waals surface area contributed by atoms with Crippen molar-refractivity contribution in [3.63, 3.8) is 0 Å². The summed E-state index contributed by atoms with van der Waals surface area (Å²) < 4.78 is 35.9. The van der Waals surface area contributed by atoms with Crippen LogP contribution in [0.5, 0.6) is 11.5 Å². The summed E-state index contributed by atoms with van der Waals surface area (Å²) in [5.74, 6) is -0.865. The van der Waals surface area contributed by atoms with E-state index in [4.69, 9.17) is 14.2 Å². The first-order chi connectivity index (χ1) is 12.2. The minimum atomic E-state index is -4.18. The molecule has 0 radical (unpaired) electrons. The maximum Gasteiger partial charge on any atom is 0.340 e. The molecule has 1 aliphatic carbocycles. The van der Waals surface area contributed by atoms with Gasteiger partial charge >= 0.3 is 10.1 Å². The monoisotopic (exact) mass is 373 g/mol. The van der Waals surface area contributed by atoms with Gasteiger partial charge in [0.1, 0.15) is 22.5 Å². The fourth-order valence-electron chi connectivity index (χ4n) is 2.71. The first-order valence-electron chi connectivity index (χ1n) is 8.18. The Morgan fingerprint density at radius 3 is 2.50 bits per heavy atom. The molecule has 0 spiro atoms. The van der Waals surface area contributed by atoms with Crippen LogP contribution in [0.1, 0.15) is 30.9 Å². The van der Waals surface area contributed by atoms with Crippen LogP contribution in [-0.4, -0.2) is 19.3 Å². The van der Waals surface area contributed by atoms with Gasteiger partial charge in [-0.25, -0.2) is 0 Å². The first kappa shape index (κ1) is 18.2. The van der Waals surface area contributed by atoms with E-state index in [0.717, 1.165) is 12.8 Å². The summed E-state index contributed by atoms with van der Waals surface area (Å²) in [6, 6.07) is 12.3. The zero-order valence-electron chi connectivity index (χ0n) is 14.5. The summed E-state index contributed by atoms with van der Waals surface area (Å²) in [5, 5.41) is 19.5. The molecule has 3 rings (SSSR count). The quantitative estimate of drug-likeness (QED) is 0.617. The molecule has 0 amide bonds. The molecule has 0 saturated heterocycles. The van der Waals surface area contributed by atoms with Crippen LogP contribution in [0.25, 0.3) is 0 Å². The molecule has 1 N–H and O–H groups in total. The third-order valence-corrected chi connectivity index (χ3v) is 5.47. The zero-order valence-corrected chi connectivity index (χ0v) is 15.3. The average Bonchev–Trinajstić information content (AvgIpc) is 3.38. The van der Waals surface area contributed by atoms with Crippen molar-refractivity contribution in [1.82, 2.24) is 0 Å². The normalized spacial score (nSPS) is 16.4. The molecule has 0 aromatic heterocycles. The number of aliphatic hydroxyl groups is 1. The van der Waals surface area contributed by atoms with Crippen LogP contribution < -0.4 is 8.92 Å². The van der Waals surface area contributed by atoms with Gasteiger partial charge in [0.05, 0.1) is 5.56 Å². The van der Waals surface area contributed by atoms with E-state index in [0.29, 0.717) is 11.3 Å². The Kier molecular flexibility index (Phi) is 4.65. The molecule has 0 heterocycles. The lowest BCUT2D eigenvalue weighted by Crippen LogP contribution is -2.34. The van der Waals surface area contributed by atoms with E-state index < -0.39 is 15.9 Å². The summed E-state index contributed by atoms with van der Waals surface area (Å²) in [6.07, 6.45) is 1.78. The molecule has 1 aliphatic rings. The summed E-state index contributed by atoms with van der Waals surface area (Å²) in [5.41, 5.74) is 0.723. The van der Waals surface area contributed by atoms with Crippen LogP contribution in [0.4, 0.5) is 0 Å². The summed E-state index contributed by atoms with van der Waals surface area (Å²) in [7, 11) is -4.18. The third-order valence-electron chi connectivity index (χ3n) is 4.17. The first-order valence-corrected chi connectivity index (χ1v) is 9.59. The predicted octanol–water partition coefficient (Wildman–Crippen LogP) is 3.13. The second-order valence-electron chi connectivity index (χ2n) is 6.56. The van der Waals surface area contributed by atoms with Crippen molar-refractivity contribution in [3.05, 3.63) is 53.6 Å². The molecule has 26 heavy (non-hydrogen) atoms. The highest BCUT2D eigenvalue weighted by Crippen LogP contribution is 2.41. The highest BCUT2D eigenvalue weighted by atomic mass is 32.2. The van der Waals surface area contributed by atoms with E-state index in [-0.39, 0.29) is 22.1 Å². The molecular formula is C19H19NO5S. The minimum absolute atomic E-state index is 0.00768. The van der Waals surface area contributed by atoms with E-state index in [2.05, 4.69) is 0 Å². The van der Waals surface area contributed by atoms with E-state index in [1.165, 1.54) is 24.3 Å².